The van der Waals surface area contributed by atoms with Crippen molar-refractivity contribution in [3.8, 4) is 23.0 Å². The maximum atomic E-state index is 12.4. The Morgan fingerprint density at radius 1 is 0.710 bits per heavy atom. The molecule has 0 saturated carbocycles. The first-order chi connectivity index (χ1) is 33.6. The second kappa shape index (κ2) is 21.3. The number of carbonyl (C=O) groups excluding carboxylic acids is 4. The molecule has 4 aliphatic heterocycles. The normalized spacial score (nSPS) is 18.5. The van der Waals surface area contributed by atoms with Gasteiger partial charge in [-0.1, -0.05) is 6.07 Å². The Balaban J connectivity index is 0.000000172. The highest BCUT2D eigenvalue weighted by molar-refractivity contribution is 6.00. The molecule has 2 aromatic carbocycles. The molecule has 2 unspecified atom stereocenters. The number of hydrogen-bond acceptors (Lipinski definition) is 14. The fraction of sp³-hybridized carbons (Fsp3) is 0.400. The Bertz CT molecular complexity index is 2780. The van der Waals surface area contributed by atoms with E-state index in [1.807, 2.05) is 30.3 Å². The Labute approximate surface area is 398 Å². The molecule has 19 heteroatoms. The molecular formula is C50H58N10O9. The van der Waals surface area contributed by atoms with Crippen LogP contribution in [0, 0.1) is 11.8 Å². The Kier molecular flexibility index (Phi) is 14.4. The van der Waals surface area contributed by atoms with Crippen LogP contribution in [0.5, 0.6) is 23.0 Å². The highest BCUT2D eigenvalue weighted by Crippen LogP contribution is 2.41. The number of nitrogens with zero attached hydrogens (tertiary/aromatic N) is 4. The van der Waals surface area contributed by atoms with Crippen molar-refractivity contribution in [2.45, 2.75) is 44.8 Å². The topological polar surface area (TPSA) is 254 Å². The number of aromatic nitrogens is 4. The average Bonchev–Trinajstić information content (AvgIpc) is 4.03. The van der Waals surface area contributed by atoms with Crippen LogP contribution in [0.25, 0.3) is 21.8 Å². The van der Waals surface area contributed by atoms with Gasteiger partial charge in [0.25, 0.3) is 17.7 Å². The molecule has 4 aliphatic rings. The smallest absolute Gasteiger partial charge is 0.354 e. The number of benzene rings is 2. The quantitative estimate of drug-likeness (QED) is 0.0870. The number of amides is 3. The number of likely N-dealkylation sites (tertiary alicyclic amines) is 2. The molecule has 0 radical (unpaired) electrons. The summed E-state index contributed by atoms with van der Waals surface area (Å²) in [6.45, 7) is 9.55. The summed E-state index contributed by atoms with van der Waals surface area (Å²) in [5.41, 5.74) is 14.4. The Morgan fingerprint density at radius 2 is 1.26 bits per heavy atom. The highest BCUT2D eigenvalue weighted by atomic mass is 16.6. The van der Waals surface area contributed by atoms with Crippen LogP contribution in [-0.4, -0.2) is 138 Å². The van der Waals surface area contributed by atoms with E-state index in [-0.39, 0.29) is 29.8 Å². The van der Waals surface area contributed by atoms with Gasteiger partial charge in [-0.05, 0) is 131 Å². The Hall–Kier alpha value is -7.38. The SMILES string of the molecule is CCOC(=O)c1cc2c3c(ccc2[nH]1)OCC(CN1CCC(CNC(=O)c2cccnc2N)CC1)O3.NC(=O)c1cc2c3c(ccc2[nH]1)OCC(CN1CCC(CNC(=O)c2ccccn2)CC1)O3. The molecular weight excluding hydrogens is 885 g/mol. The second-order valence-corrected chi connectivity index (χ2v) is 17.8. The summed E-state index contributed by atoms with van der Waals surface area (Å²) < 4.78 is 29.7. The van der Waals surface area contributed by atoms with Crippen molar-refractivity contribution in [3.05, 3.63) is 102 Å². The molecule has 2 saturated heterocycles. The monoisotopic (exact) mass is 942 g/mol. The van der Waals surface area contributed by atoms with E-state index in [1.165, 1.54) is 0 Å². The number of H-pyrrole nitrogens is 2. The summed E-state index contributed by atoms with van der Waals surface area (Å²) in [4.78, 5) is 67.2. The molecule has 3 amide bonds. The maximum absolute atomic E-state index is 12.4. The van der Waals surface area contributed by atoms with Gasteiger partial charge >= 0.3 is 5.97 Å². The van der Waals surface area contributed by atoms with Gasteiger partial charge in [-0.3, -0.25) is 29.2 Å². The highest BCUT2D eigenvalue weighted by Gasteiger charge is 2.31. The number of nitrogens with two attached hydrogens (primary N) is 2. The zero-order chi connectivity index (χ0) is 47.9. The molecule has 2 atom stereocenters. The third-order valence-electron chi connectivity index (χ3n) is 13.0. The van der Waals surface area contributed by atoms with Gasteiger partial charge in [0, 0.05) is 49.3 Å². The predicted molar refractivity (Wildman–Crippen MR) is 257 cm³/mol. The number of piperidine rings is 2. The van der Waals surface area contributed by atoms with Crippen molar-refractivity contribution < 1.29 is 42.9 Å². The third-order valence-corrected chi connectivity index (χ3v) is 13.0. The molecule has 0 bridgehead atoms. The van der Waals surface area contributed by atoms with Crippen LogP contribution in [0.4, 0.5) is 5.82 Å². The molecule has 8 heterocycles. The third kappa shape index (κ3) is 11.2. The van der Waals surface area contributed by atoms with Crippen molar-refractivity contribution in [2.24, 2.45) is 17.6 Å². The summed E-state index contributed by atoms with van der Waals surface area (Å²) in [5, 5.41) is 7.60. The molecule has 4 aromatic heterocycles. The van der Waals surface area contributed by atoms with Crippen molar-refractivity contribution in [3.63, 3.8) is 0 Å². The first kappa shape index (κ1) is 46.7. The van der Waals surface area contributed by atoms with Gasteiger partial charge in [0.1, 0.15) is 48.3 Å². The van der Waals surface area contributed by atoms with Crippen molar-refractivity contribution >= 4 is 51.3 Å². The molecule has 2 fully saturated rings. The maximum Gasteiger partial charge on any atom is 0.354 e. The number of fused-ring (bicyclic) bond motifs is 6. The number of primary amides is 1. The molecule has 0 aliphatic carbocycles. The minimum Gasteiger partial charge on any atom is -0.486 e. The largest absolute Gasteiger partial charge is 0.486 e. The number of carbonyl (C=O) groups is 4. The molecule has 10 rings (SSSR count). The lowest BCUT2D eigenvalue weighted by molar-refractivity contribution is 0.0490. The number of nitrogen functional groups attached to an aromatic ring is 1. The van der Waals surface area contributed by atoms with Gasteiger partial charge in [0.05, 0.1) is 23.2 Å². The molecule has 362 valence electrons. The zero-order valence-electron chi connectivity index (χ0n) is 38.5. The van der Waals surface area contributed by atoms with Gasteiger partial charge in [0.15, 0.2) is 23.0 Å². The van der Waals surface area contributed by atoms with Crippen molar-refractivity contribution in [1.82, 2.24) is 40.4 Å². The summed E-state index contributed by atoms with van der Waals surface area (Å²) in [6.07, 6.45) is 6.97. The molecule has 8 N–H and O–H groups in total. The number of rotatable bonds is 13. The summed E-state index contributed by atoms with van der Waals surface area (Å²) in [6, 6.07) is 19.6. The lowest BCUT2D eigenvalue weighted by Crippen LogP contribution is -2.45. The summed E-state index contributed by atoms with van der Waals surface area (Å²) in [5.74, 6) is 2.56. The Morgan fingerprint density at radius 3 is 1.80 bits per heavy atom. The van der Waals surface area contributed by atoms with Crippen LogP contribution >= 0.6 is 0 Å². The standard InChI is InChI=1S/C26H31N5O5.C24H27N5O4/c1-2-34-26(33)21-12-19-20(30-21)5-6-22-23(19)36-17(15-35-22)14-31-10-7-16(8-11-31)13-29-25(32)18-4-3-9-28-24(18)27;25-23(30)20-11-17-18(28-20)4-5-21-22(17)33-16(14-32-21)13-29-9-6-15(7-10-29)12-27-24(31)19-3-1-2-8-26-19/h3-6,9,12,16-17,30H,2,7-8,10-11,13-15H2,1H3,(H2,27,28)(H,29,32);1-5,8,11,15-16,28H,6-7,9-10,12-14H2,(H2,25,30)(H,27,31). The lowest BCUT2D eigenvalue weighted by atomic mass is 9.96. The first-order valence-electron chi connectivity index (χ1n) is 23.6. The van der Waals surface area contributed by atoms with Crippen LogP contribution in [0.3, 0.4) is 0 Å². The number of pyridine rings is 2. The molecule has 19 nitrogen and oxygen atoms in total. The predicted octanol–water partition coefficient (Wildman–Crippen LogP) is 4.55. The molecule has 6 aromatic rings. The van der Waals surface area contributed by atoms with E-state index in [2.05, 4.69) is 40.4 Å². The van der Waals surface area contributed by atoms with Gasteiger partial charge in [-0.15, -0.1) is 0 Å². The number of nitrogens with one attached hydrogen (secondary N) is 4. The van der Waals surface area contributed by atoms with Gasteiger partial charge in [-0.2, -0.15) is 0 Å². The zero-order valence-corrected chi connectivity index (χ0v) is 38.5. The average molecular weight is 943 g/mol. The minimum atomic E-state index is -0.507. The summed E-state index contributed by atoms with van der Waals surface area (Å²) in [7, 11) is 0. The number of aromatic amines is 2. The van der Waals surface area contributed by atoms with E-state index in [1.54, 1.807) is 55.7 Å². The van der Waals surface area contributed by atoms with Crippen LogP contribution < -0.4 is 41.0 Å². The van der Waals surface area contributed by atoms with Crippen LogP contribution in [0.2, 0.25) is 0 Å². The van der Waals surface area contributed by atoms with E-state index in [0.717, 1.165) is 86.8 Å². The fourth-order valence-corrected chi connectivity index (χ4v) is 9.27. The number of anilines is 1. The molecule has 0 spiro atoms. The number of hydrogen-bond donors (Lipinski definition) is 6. The summed E-state index contributed by atoms with van der Waals surface area (Å²) >= 11 is 0. The van der Waals surface area contributed by atoms with Gasteiger partial charge in [0.2, 0.25) is 0 Å². The number of ether oxygens (including phenoxy) is 5. The second-order valence-electron chi connectivity index (χ2n) is 17.8. The van der Waals surface area contributed by atoms with E-state index >= 15 is 0 Å². The van der Waals surface area contributed by atoms with E-state index in [4.69, 9.17) is 35.2 Å². The van der Waals surface area contributed by atoms with Gasteiger partial charge in [-0.25, -0.2) is 9.78 Å². The first-order valence-corrected chi connectivity index (χ1v) is 23.6. The van der Waals surface area contributed by atoms with Crippen LogP contribution in [0.1, 0.15) is 74.4 Å². The minimum absolute atomic E-state index is 0.101. The van der Waals surface area contributed by atoms with Crippen LogP contribution in [0.15, 0.2) is 79.1 Å². The van der Waals surface area contributed by atoms with Crippen molar-refractivity contribution in [2.75, 3.05) is 77.9 Å². The lowest BCUT2D eigenvalue weighted by Gasteiger charge is -2.35. The molecule has 69 heavy (non-hydrogen) atoms. The van der Waals surface area contributed by atoms with E-state index in [9.17, 15) is 19.2 Å². The van der Waals surface area contributed by atoms with E-state index in [0.29, 0.717) is 90.4 Å². The number of esters is 1. The van der Waals surface area contributed by atoms with E-state index < -0.39 is 11.9 Å². The van der Waals surface area contributed by atoms with Gasteiger partial charge < -0.3 is 55.8 Å². The van der Waals surface area contributed by atoms with Crippen LogP contribution in [-0.2, 0) is 4.74 Å². The van der Waals surface area contributed by atoms with Crippen molar-refractivity contribution in [1.29, 1.82) is 0 Å². The fourth-order valence-electron chi connectivity index (χ4n) is 9.27.